The normalized spacial score (nSPS) is 18.8. The number of aromatic nitrogens is 2. The molecule has 1 heterocycles. The lowest BCUT2D eigenvalue weighted by atomic mass is 9.94. The fourth-order valence-electron chi connectivity index (χ4n) is 2.98. The number of hydrogen-bond donors (Lipinski definition) is 2. The molecule has 0 bridgehead atoms. The van der Waals surface area contributed by atoms with Crippen molar-refractivity contribution in [3.8, 4) is 0 Å². The molecule has 3 N–H and O–H groups in total. The summed E-state index contributed by atoms with van der Waals surface area (Å²) >= 11 is 0. The Morgan fingerprint density at radius 2 is 2.24 bits per heavy atom. The smallest absolute Gasteiger partial charge is 0.0670 e. The van der Waals surface area contributed by atoms with Gasteiger partial charge >= 0.3 is 0 Å². The second kappa shape index (κ2) is 5.65. The third-order valence-electron chi connectivity index (χ3n) is 3.89. The van der Waals surface area contributed by atoms with Crippen LogP contribution in [-0.2, 0) is 13.5 Å². The summed E-state index contributed by atoms with van der Waals surface area (Å²) in [5.41, 5.74) is 5.44. The van der Waals surface area contributed by atoms with Gasteiger partial charge in [-0.05, 0) is 18.8 Å². The molecule has 1 aromatic heterocycles. The van der Waals surface area contributed by atoms with Gasteiger partial charge in [0.25, 0.3) is 0 Å². The zero-order chi connectivity index (χ0) is 12.3. The van der Waals surface area contributed by atoms with Gasteiger partial charge in [0, 0.05) is 24.8 Å². The molecule has 1 fully saturated rings. The zero-order valence-electron chi connectivity index (χ0n) is 10.9. The fraction of sp³-hybridized carbons (Fsp3) is 0.769. The van der Waals surface area contributed by atoms with Gasteiger partial charge in [-0.2, -0.15) is 5.10 Å². The van der Waals surface area contributed by atoms with Gasteiger partial charge in [-0.15, -0.1) is 0 Å². The minimum atomic E-state index is 0.266. The van der Waals surface area contributed by atoms with Gasteiger partial charge in [-0.1, -0.05) is 32.6 Å². The van der Waals surface area contributed by atoms with Crippen molar-refractivity contribution in [2.24, 2.45) is 18.8 Å². The van der Waals surface area contributed by atoms with E-state index < -0.39 is 0 Å². The Hall–Kier alpha value is -0.870. The molecule has 0 aromatic carbocycles. The lowest BCUT2D eigenvalue weighted by Crippen LogP contribution is -2.29. The van der Waals surface area contributed by atoms with E-state index in [2.05, 4.69) is 23.6 Å². The van der Waals surface area contributed by atoms with E-state index in [0.29, 0.717) is 0 Å². The van der Waals surface area contributed by atoms with Crippen molar-refractivity contribution in [1.29, 1.82) is 0 Å². The molecule has 1 atom stereocenters. The highest BCUT2D eigenvalue weighted by atomic mass is 15.3. The molecule has 0 amide bonds. The van der Waals surface area contributed by atoms with Crippen LogP contribution in [0.25, 0.3) is 0 Å². The molecule has 4 nitrogen and oxygen atoms in total. The zero-order valence-corrected chi connectivity index (χ0v) is 10.9. The number of nitrogens with two attached hydrogens (primary N) is 1. The lowest BCUT2D eigenvalue weighted by molar-refractivity contribution is 0.398. The van der Waals surface area contributed by atoms with Crippen molar-refractivity contribution in [3.05, 3.63) is 17.5 Å². The summed E-state index contributed by atoms with van der Waals surface area (Å²) in [5, 5.41) is 4.49. The van der Waals surface area contributed by atoms with E-state index >= 15 is 0 Å². The largest absolute Gasteiger partial charge is 0.275 e. The first kappa shape index (κ1) is 12.6. The SMILES string of the molecule is CCc1nn(C)cc1C(CC1CCCC1)NN. The molecule has 1 unspecified atom stereocenters. The quantitative estimate of drug-likeness (QED) is 0.608. The van der Waals surface area contributed by atoms with Crippen LogP contribution >= 0.6 is 0 Å². The number of aryl methyl sites for hydroxylation is 2. The van der Waals surface area contributed by atoms with Crippen molar-refractivity contribution in [3.63, 3.8) is 0 Å². The van der Waals surface area contributed by atoms with Gasteiger partial charge in [-0.25, -0.2) is 0 Å². The summed E-state index contributed by atoms with van der Waals surface area (Å²) in [6, 6.07) is 0.266. The molecule has 2 rings (SSSR count). The van der Waals surface area contributed by atoms with Crippen molar-refractivity contribution < 1.29 is 0 Å². The van der Waals surface area contributed by atoms with Crippen LogP contribution in [0, 0.1) is 5.92 Å². The highest BCUT2D eigenvalue weighted by molar-refractivity contribution is 5.21. The second-order valence-corrected chi connectivity index (χ2v) is 5.16. The molecule has 0 aliphatic heterocycles. The Bertz CT molecular complexity index is 352. The number of rotatable bonds is 5. The molecular weight excluding hydrogens is 212 g/mol. The average molecular weight is 236 g/mol. The van der Waals surface area contributed by atoms with Crippen molar-refractivity contribution in [2.75, 3.05) is 0 Å². The molecule has 1 aliphatic rings. The van der Waals surface area contributed by atoms with E-state index in [9.17, 15) is 0 Å². The van der Waals surface area contributed by atoms with E-state index in [1.54, 1.807) is 0 Å². The summed E-state index contributed by atoms with van der Waals surface area (Å²) in [6.45, 7) is 2.15. The molecule has 0 radical (unpaired) electrons. The van der Waals surface area contributed by atoms with Crippen molar-refractivity contribution in [2.45, 2.75) is 51.5 Å². The van der Waals surface area contributed by atoms with Crippen LogP contribution < -0.4 is 11.3 Å². The van der Waals surface area contributed by atoms with E-state index in [1.165, 1.54) is 36.9 Å². The van der Waals surface area contributed by atoms with Crippen LogP contribution in [0.3, 0.4) is 0 Å². The van der Waals surface area contributed by atoms with Crippen LogP contribution in [0.1, 0.15) is 56.3 Å². The van der Waals surface area contributed by atoms with Crippen LogP contribution in [0.5, 0.6) is 0 Å². The lowest BCUT2D eigenvalue weighted by Gasteiger charge is -2.19. The maximum atomic E-state index is 5.73. The summed E-state index contributed by atoms with van der Waals surface area (Å²) in [6.07, 6.45) is 9.72. The molecule has 1 aromatic rings. The van der Waals surface area contributed by atoms with Crippen molar-refractivity contribution in [1.82, 2.24) is 15.2 Å². The summed E-state index contributed by atoms with van der Waals surface area (Å²) in [7, 11) is 1.98. The van der Waals surface area contributed by atoms with Crippen LogP contribution in [-0.4, -0.2) is 9.78 Å². The fourth-order valence-corrected chi connectivity index (χ4v) is 2.98. The van der Waals surface area contributed by atoms with Gasteiger partial charge in [0.15, 0.2) is 0 Å². The third-order valence-corrected chi connectivity index (χ3v) is 3.89. The summed E-state index contributed by atoms with van der Waals surface area (Å²) < 4.78 is 1.90. The predicted molar refractivity (Wildman–Crippen MR) is 69.2 cm³/mol. The summed E-state index contributed by atoms with van der Waals surface area (Å²) in [4.78, 5) is 0. The second-order valence-electron chi connectivity index (χ2n) is 5.16. The molecule has 0 saturated heterocycles. The molecule has 17 heavy (non-hydrogen) atoms. The minimum Gasteiger partial charge on any atom is -0.275 e. The van der Waals surface area contributed by atoms with E-state index in [0.717, 1.165) is 18.8 Å². The third kappa shape index (κ3) is 2.87. The average Bonchev–Trinajstić information content (AvgIpc) is 2.94. The molecule has 0 spiro atoms. The number of nitrogens with zero attached hydrogens (tertiary/aromatic N) is 2. The maximum Gasteiger partial charge on any atom is 0.0670 e. The highest BCUT2D eigenvalue weighted by Gasteiger charge is 2.23. The standard InChI is InChI=1S/C13H24N4/c1-3-12-11(9-17(2)16-12)13(15-14)8-10-6-4-5-7-10/h9-10,13,15H,3-8,14H2,1-2H3. The van der Waals surface area contributed by atoms with Crippen LogP contribution in [0.4, 0.5) is 0 Å². The Morgan fingerprint density at radius 3 is 2.82 bits per heavy atom. The summed E-state index contributed by atoms with van der Waals surface area (Å²) in [5.74, 6) is 6.56. The number of nitrogens with one attached hydrogen (secondary N) is 1. The first-order valence-electron chi connectivity index (χ1n) is 6.73. The van der Waals surface area contributed by atoms with Crippen LogP contribution in [0.15, 0.2) is 6.20 Å². The van der Waals surface area contributed by atoms with Crippen LogP contribution in [0.2, 0.25) is 0 Å². The van der Waals surface area contributed by atoms with Crippen molar-refractivity contribution >= 4 is 0 Å². The van der Waals surface area contributed by atoms with E-state index in [-0.39, 0.29) is 6.04 Å². The predicted octanol–water partition coefficient (Wildman–Crippen LogP) is 2.07. The van der Waals surface area contributed by atoms with E-state index in [1.807, 2.05) is 11.7 Å². The minimum absolute atomic E-state index is 0.266. The molecule has 1 saturated carbocycles. The molecule has 1 aliphatic carbocycles. The van der Waals surface area contributed by atoms with Gasteiger partial charge in [0.2, 0.25) is 0 Å². The monoisotopic (exact) mass is 236 g/mol. The first-order chi connectivity index (χ1) is 8.24. The Morgan fingerprint density at radius 1 is 1.53 bits per heavy atom. The maximum absolute atomic E-state index is 5.73. The highest BCUT2D eigenvalue weighted by Crippen LogP contribution is 2.33. The Balaban J connectivity index is 2.10. The molecule has 96 valence electrons. The van der Waals surface area contributed by atoms with Gasteiger partial charge in [0.05, 0.1) is 5.69 Å². The Kier molecular flexibility index (Phi) is 4.18. The van der Waals surface area contributed by atoms with Gasteiger partial charge in [-0.3, -0.25) is 16.0 Å². The molecular formula is C13H24N4. The first-order valence-corrected chi connectivity index (χ1v) is 6.73. The number of hydrogen-bond acceptors (Lipinski definition) is 3. The Labute approximate surface area is 104 Å². The van der Waals surface area contributed by atoms with Gasteiger partial charge in [0.1, 0.15) is 0 Å². The van der Waals surface area contributed by atoms with Gasteiger partial charge < -0.3 is 0 Å². The number of hydrazine groups is 1. The topological polar surface area (TPSA) is 55.9 Å². The molecule has 4 heteroatoms. The van der Waals surface area contributed by atoms with E-state index in [4.69, 9.17) is 5.84 Å².